The molecule has 1 fully saturated rings. The molecule has 0 saturated heterocycles. The van der Waals surface area contributed by atoms with Gasteiger partial charge in [0.25, 0.3) is 0 Å². The lowest BCUT2D eigenvalue weighted by atomic mass is 9.83. The van der Waals surface area contributed by atoms with Gasteiger partial charge in [0.15, 0.2) is 0 Å². The normalized spacial score (nSPS) is 17.0. The summed E-state index contributed by atoms with van der Waals surface area (Å²) in [5.41, 5.74) is 1.80. The van der Waals surface area contributed by atoms with E-state index in [4.69, 9.17) is 0 Å². The highest BCUT2D eigenvalue weighted by Crippen LogP contribution is 2.34. The van der Waals surface area contributed by atoms with Gasteiger partial charge in [-0.15, -0.1) is 0 Å². The topological polar surface area (TPSA) is 17.1 Å². The molecule has 0 radical (unpaired) electrons. The summed E-state index contributed by atoms with van der Waals surface area (Å²) in [6, 6.07) is 5.50. The quantitative estimate of drug-likeness (QED) is 0.719. The zero-order chi connectivity index (χ0) is 12.1. The van der Waals surface area contributed by atoms with Crippen molar-refractivity contribution in [2.24, 2.45) is 0 Å². The fourth-order valence-electron chi connectivity index (χ4n) is 2.70. The summed E-state index contributed by atoms with van der Waals surface area (Å²) in [4.78, 5) is 10.3. The lowest BCUT2D eigenvalue weighted by Gasteiger charge is -2.22. The number of aldehydes is 1. The molecule has 1 aliphatic carbocycles. The van der Waals surface area contributed by atoms with Crippen LogP contribution in [0.25, 0.3) is 0 Å². The molecule has 0 amide bonds. The summed E-state index contributed by atoms with van der Waals surface area (Å²) in [5.74, 6) is 0.323. The van der Waals surface area contributed by atoms with Crippen molar-refractivity contribution in [3.05, 3.63) is 35.1 Å². The summed E-state index contributed by atoms with van der Waals surface area (Å²) < 4.78 is 14.0. The Morgan fingerprint density at radius 3 is 2.65 bits per heavy atom. The average molecular weight is 234 g/mol. The Bertz CT molecular complexity index is 381. The highest BCUT2D eigenvalue weighted by atomic mass is 19.1. The largest absolute Gasteiger partial charge is 0.303 e. The summed E-state index contributed by atoms with van der Waals surface area (Å²) >= 11 is 0. The van der Waals surface area contributed by atoms with Gasteiger partial charge >= 0.3 is 0 Å². The van der Waals surface area contributed by atoms with Gasteiger partial charge in [-0.05, 0) is 42.4 Å². The van der Waals surface area contributed by atoms with Gasteiger partial charge in [-0.1, -0.05) is 31.4 Å². The number of carbonyl (C=O) groups excluding carboxylic acids is 1. The number of halogens is 1. The molecular formula is C15H19FO. The lowest BCUT2D eigenvalue weighted by molar-refractivity contribution is -0.107. The van der Waals surface area contributed by atoms with E-state index in [0.29, 0.717) is 18.8 Å². The molecule has 92 valence electrons. The molecule has 1 aliphatic rings. The fraction of sp³-hybridized carbons (Fsp3) is 0.533. The number of aryl methyl sites for hydroxylation is 1. The summed E-state index contributed by atoms with van der Waals surface area (Å²) in [5, 5.41) is 0. The van der Waals surface area contributed by atoms with Crippen molar-refractivity contribution in [2.75, 3.05) is 0 Å². The maximum absolute atomic E-state index is 14.0. The van der Waals surface area contributed by atoms with Crippen molar-refractivity contribution >= 4 is 6.29 Å². The lowest BCUT2D eigenvalue weighted by Crippen LogP contribution is -2.07. The van der Waals surface area contributed by atoms with Crippen LogP contribution in [0.4, 0.5) is 4.39 Å². The van der Waals surface area contributed by atoms with E-state index in [1.54, 1.807) is 6.07 Å². The van der Waals surface area contributed by atoms with Gasteiger partial charge in [-0.25, -0.2) is 4.39 Å². The van der Waals surface area contributed by atoms with Crippen molar-refractivity contribution in [2.45, 2.75) is 50.9 Å². The molecule has 0 N–H and O–H groups in total. The maximum Gasteiger partial charge on any atom is 0.126 e. The monoisotopic (exact) mass is 234 g/mol. The number of benzene rings is 1. The van der Waals surface area contributed by atoms with E-state index in [1.165, 1.54) is 19.3 Å². The smallest absolute Gasteiger partial charge is 0.126 e. The highest BCUT2D eigenvalue weighted by Gasteiger charge is 2.18. The van der Waals surface area contributed by atoms with E-state index in [2.05, 4.69) is 0 Å². The maximum atomic E-state index is 14.0. The average Bonchev–Trinajstić information content (AvgIpc) is 2.37. The first-order valence-corrected chi connectivity index (χ1v) is 6.53. The first-order valence-electron chi connectivity index (χ1n) is 6.53. The van der Waals surface area contributed by atoms with Gasteiger partial charge in [0, 0.05) is 6.42 Å². The second-order valence-corrected chi connectivity index (χ2v) is 4.90. The summed E-state index contributed by atoms with van der Waals surface area (Å²) in [6.45, 7) is 0. The van der Waals surface area contributed by atoms with E-state index in [0.717, 1.165) is 30.3 Å². The van der Waals surface area contributed by atoms with Crippen LogP contribution in [-0.4, -0.2) is 6.29 Å². The molecule has 0 aliphatic heterocycles. The van der Waals surface area contributed by atoms with E-state index in [-0.39, 0.29) is 5.82 Å². The third kappa shape index (κ3) is 3.15. The van der Waals surface area contributed by atoms with Crippen LogP contribution in [0.15, 0.2) is 18.2 Å². The van der Waals surface area contributed by atoms with Gasteiger partial charge in [-0.3, -0.25) is 0 Å². The Morgan fingerprint density at radius 1 is 1.24 bits per heavy atom. The minimum Gasteiger partial charge on any atom is -0.303 e. The highest BCUT2D eigenvalue weighted by molar-refractivity contribution is 5.50. The van der Waals surface area contributed by atoms with Gasteiger partial charge in [0.05, 0.1) is 0 Å². The molecule has 0 heterocycles. The molecule has 1 aromatic rings. The molecule has 0 atom stereocenters. The predicted molar refractivity (Wildman–Crippen MR) is 66.6 cm³/mol. The molecule has 0 unspecified atom stereocenters. The molecule has 1 nitrogen and oxygen atoms in total. The van der Waals surface area contributed by atoms with E-state index < -0.39 is 0 Å². The molecular weight excluding hydrogens is 215 g/mol. The van der Waals surface area contributed by atoms with Gasteiger partial charge in [-0.2, -0.15) is 0 Å². The number of hydrogen-bond acceptors (Lipinski definition) is 1. The van der Waals surface area contributed by atoms with Crippen molar-refractivity contribution in [1.29, 1.82) is 0 Å². The Morgan fingerprint density at radius 2 is 2.00 bits per heavy atom. The van der Waals surface area contributed by atoms with E-state index in [9.17, 15) is 9.18 Å². The van der Waals surface area contributed by atoms with Crippen LogP contribution in [0.1, 0.15) is 55.6 Å². The van der Waals surface area contributed by atoms with Gasteiger partial charge < -0.3 is 4.79 Å². The van der Waals surface area contributed by atoms with Crippen molar-refractivity contribution in [3.63, 3.8) is 0 Å². The van der Waals surface area contributed by atoms with E-state index in [1.807, 2.05) is 12.1 Å². The fourth-order valence-corrected chi connectivity index (χ4v) is 2.70. The van der Waals surface area contributed by atoms with Crippen LogP contribution in [0.3, 0.4) is 0 Å². The van der Waals surface area contributed by atoms with Crippen molar-refractivity contribution in [3.8, 4) is 0 Å². The van der Waals surface area contributed by atoms with Gasteiger partial charge in [0.2, 0.25) is 0 Å². The predicted octanol–water partition coefficient (Wildman–Crippen LogP) is 4.00. The van der Waals surface area contributed by atoms with E-state index >= 15 is 0 Å². The minimum absolute atomic E-state index is 0.0831. The van der Waals surface area contributed by atoms with Crippen LogP contribution in [0.5, 0.6) is 0 Å². The Labute approximate surface area is 102 Å². The molecule has 0 aromatic heterocycles. The molecule has 17 heavy (non-hydrogen) atoms. The Kier molecular flexibility index (Phi) is 4.29. The van der Waals surface area contributed by atoms with Crippen LogP contribution in [-0.2, 0) is 11.2 Å². The number of rotatable bonds is 4. The third-order valence-corrected chi connectivity index (χ3v) is 3.66. The molecule has 2 rings (SSSR count). The number of carbonyl (C=O) groups is 1. The van der Waals surface area contributed by atoms with Crippen LogP contribution >= 0.6 is 0 Å². The second kappa shape index (κ2) is 5.95. The SMILES string of the molecule is O=CCCc1ccc(C2CCCCC2)c(F)c1. The second-order valence-electron chi connectivity index (χ2n) is 4.90. The molecule has 1 aromatic carbocycles. The Hall–Kier alpha value is -1.18. The first-order chi connectivity index (χ1) is 8.31. The molecule has 1 saturated carbocycles. The molecule has 0 bridgehead atoms. The Balaban J connectivity index is 2.10. The molecule has 2 heteroatoms. The first kappa shape index (κ1) is 12.3. The van der Waals surface area contributed by atoms with Crippen LogP contribution in [0, 0.1) is 5.82 Å². The zero-order valence-electron chi connectivity index (χ0n) is 10.1. The standard InChI is InChI=1S/C15H19FO/c16-15-11-12(5-4-10-17)8-9-14(15)13-6-2-1-3-7-13/h8-11,13H,1-7H2. The zero-order valence-corrected chi connectivity index (χ0v) is 10.1. The summed E-state index contributed by atoms with van der Waals surface area (Å²) in [7, 11) is 0. The van der Waals surface area contributed by atoms with Crippen LogP contribution < -0.4 is 0 Å². The van der Waals surface area contributed by atoms with Crippen molar-refractivity contribution < 1.29 is 9.18 Å². The minimum atomic E-state index is -0.0831. The van der Waals surface area contributed by atoms with Crippen LogP contribution in [0.2, 0.25) is 0 Å². The van der Waals surface area contributed by atoms with Gasteiger partial charge in [0.1, 0.15) is 12.1 Å². The van der Waals surface area contributed by atoms with Crippen molar-refractivity contribution in [1.82, 2.24) is 0 Å². The summed E-state index contributed by atoms with van der Waals surface area (Å²) in [6.07, 6.45) is 7.96. The third-order valence-electron chi connectivity index (χ3n) is 3.66. The molecule has 0 spiro atoms. The number of hydrogen-bond donors (Lipinski definition) is 0.